The minimum atomic E-state index is -0.524. The Hall–Kier alpha value is -3.49. The van der Waals surface area contributed by atoms with Crippen LogP contribution in [0.1, 0.15) is 39.0 Å². The van der Waals surface area contributed by atoms with E-state index in [1.807, 2.05) is 0 Å². The maximum absolute atomic E-state index is 12.3. The summed E-state index contributed by atoms with van der Waals surface area (Å²) in [5.74, 6) is -0.515. The topological polar surface area (TPSA) is 108 Å². The molecule has 0 aliphatic heterocycles. The molecule has 0 bridgehead atoms. The van der Waals surface area contributed by atoms with Crippen LogP contribution in [0.25, 0.3) is 0 Å². The van der Waals surface area contributed by atoms with E-state index in [-0.39, 0.29) is 18.7 Å². The molecule has 2 N–H and O–H groups in total. The van der Waals surface area contributed by atoms with Crippen LogP contribution in [-0.4, -0.2) is 43.2 Å². The molecule has 0 radical (unpaired) electrons. The number of ether oxygens (including phenoxy) is 3. The number of methoxy groups -OCH3 is 2. The molecule has 0 spiro atoms. The van der Waals surface area contributed by atoms with E-state index in [0.717, 1.165) is 5.69 Å². The summed E-state index contributed by atoms with van der Waals surface area (Å²) in [7, 11) is 2.95. The molecule has 0 aliphatic rings. The van der Waals surface area contributed by atoms with Crippen LogP contribution in [0.5, 0.6) is 11.5 Å². The lowest BCUT2D eigenvalue weighted by molar-refractivity contribution is -0.122. The number of esters is 1. The van der Waals surface area contributed by atoms with Crippen LogP contribution in [0, 0.1) is 13.8 Å². The zero-order chi connectivity index (χ0) is 21.6. The van der Waals surface area contributed by atoms with E-state index in [0.29, 0.717) is 22.8 Å². The van der Waals surface area contributed by atoms with Gasteiger partial charge in [-0.05, 0) is 39.0 Å². The van der Waals surface area contributed by atoms with Crippen LogP contribution in [-0.2, 0) is 16.1 Å². The number of carbonyl (C=O) groups is 3. The van der Waals surface area contributed by atoms with Crippen molar-refractivity contribution in [3.8, 4) is 11.5 Å². The van der Waals surface area contributed by atoms with E-state index in [4.69, 9.17) is 14.2 Å². The number of hydrogen-bond acceptors (Lipinski definition) is 6. The molecule has 1 aromatic carbocycles. The summed E-state index contributed by atoms with van der Waals surface area (Å²) in [6.07, 6.45) is 0. The van der Waals surface area contributed by atoms with Gasteiger partial charge in [-0.25, -0.2) is 4.79 Å². The van der Waals surface area contributed by atoms with E-state index in [2.05, 4.69) is 10.9 Å². The molecule has 1 heterocycles. The van der Waals surface area contributed by atoms with Crippen molar-refractivity contribution < 1.29 is 28.6 Å². The Morgan fingerprint density at radius 2 is 1.59 bits per heavy atom. The van der Waals surface area contributed by atoms with Gasteiger partial charge in [-0.15, -0.1) is 0 Å². The van der Waals surface area contributed by atoms with Crippen molar-refractivity contribution >= 4 is 17.8 Å². The molecule has 0 atom stereocenters. The van der Waals surface area contributed by atoms with Gasteiger partial charge in [0.05, 0.1) is 26.4 Å². The van der Waals surface area contributed by atoms with E-state index < -0.39 is 17.8 Å². The van der Waals surface area contributed by atoms with E-state index in [1.165, 1.54) is 26.4 Å². The molecule has 0 saturated heterocycles. The van der Waals surface area contributed by atoms with Gasteiger partial charge in [-0.3, -0.25) is 20.4 Å². The van der Waals surface area contributed by atoms with Crippen LogP contribution in [0.15, 0.2) is 24.3 Å². The number of aryl methyl sites for hydroxylation is 1. The lowest BCUT2D eigenvalue weighted by atomic mass is 10.2. The first-order valence-corrected chi connectivity index (χ1v) is 8.96. The summed E-state index contributed by atoms with van der Waals surface area (Å²) in [4.78, 5) is 36.6. The average molecular weight is 403 g/mol. The molecule has 2 aromatic rings. The zero-order valence-electron chi connectivity index (χ0n) is 17.1. The maximum Gasteiger partial charge on any atom is 0.339 e. The Kier molecular flexibility index (Phi) is 7.24. The van der Waals surface area contributed by atoms with E-state index >= 15 is 0 Å². The largest absolute Gasteiger partial charge is 0.497 e. The lowest BCUT2D eigenvalue weighted by Gasteiger charge is -2.12. The number of nitrogens with zero attached hydrogens (tertiary/aromatic N) is 1. The molecule has 156 valence electrons. The molecular formula is C20H25N3O6. The summed E-state index contributed by atoms with van der Waals surface area (Å²) in [5.41, 5.74) is 6.73. The zero-order valence-corrected chi connectivity index (χ0v) is 17.1. The Bertz CT molecular complexity index is 897. The lowest BCUT2D eigenvalue weighted by Crippen LogP contribution is -2.43. The van der Waals surface area contributed by atoms with Crippen molar-refractivity contribution in [1.29, 1.82) is 0 Å². The van der Waals surface area contributed by atoms with Gasteiger partial charge in [0.1, 0.15) is 18.0 Å². The summed E-state index contributed by atoms with van der Waals surface area (Å²) in [6, 6.07) is 6.35. The van der Waals surface area contributed by atoms with Crippen LogP contribution in [0.2, 0.25) is 0 Å². The third-order valence-electron chi connectivity index (χ3n) is 4.30. The van der Waals surface area contributed by atoms with Crippen molar-refractivity contribution in [2.45, 2.75) is 27.3 Å². The number of hydrogen-bond donors (Lipinski definition) is 2. The summed E-state index contributed by atoms with van der Waals surface area (Å²) in [5, 5.41) is 0. The first-order chi connectivity index (χ1) is 13.8. The van der Waals surface area contributed by atoms with Gasteiger partial charge in [0.25, 0.3) is 11.8 Å². The van der Waals surface area contributed by atoms with E-state index in [1.54, 1.807) is 37.5 Å². The highest BCUT2D eigenvalue weighted by atomic mass is 16.5. The predicted molar refractivity (Wildman–Crippen MR) is 105 cm³/mol. The molecule has 0 aliphatic carbocycles. The number of carbonyl (C=O) groups excluding carboxylic acids is 3. The Morgan fingerprint density at radius 3 is 2.14 bits per heavy atom. The third-order valence-corrected chi connectivity index (χ3v) is 4.30. The van der Waals surface area contributed by atoms with E-state index in [9.17, 15) is 14.4 Å². The van der Waals surface area contributed by atoms with Crippen LogP contribution >= 0.6 is 0 Å². The third kappa shape index (κ3) is 5.28. The van der Waals surface area contributed by atoms with Crippen molar-refractivity contribution in [1.82, 2.24) is 15.4 Å². The summed E-state index contributed by atoms with van der Waals surface area (Å²) >= 11 is 0. The monoisotopic (exact) mass is 403 g/mol. The van der Waals surface area contributed by atoms with Crippen LogP contribution in [0.4, 0.5) is 0 Å². The number of benzene rings is 1. The van der Waals surface area contributed by atoms with Crippen molar-refractivity contribution in [2.24, 2.45) is 0 Å². The van der Waals surface area contributed by atoms with Gasteiger partial charge in [-0.2, -0.15) is 0 Å². The number of hydrazine groups is 1. The second kappa shape index (κ2) is 9.63. The van der Waals surface area contributed by atoms with Gasteiger partial charge < -0.3 is 18.8 Å². The Balaban J connectivity index is 2.04. The average Bonchev–Trinajstić information content (AvgIpc) is 2.99. The summed E-state index contributed by atoms with van der Waals surface area (Å²) < 4.78 is 16.9. The van der Waals surface area contributed by atoms with Gasteiger partial charge >= 0.3 is 5.97 Å². The van der Waals surface area contributed by atoms with Gasteiger partial charge in [-0.1, -0.05) is 0 Å². The predicted octanol–water partition coefficient (Wildman–Crippen LogP) is 1.76. The van der Waals surface area contributed by atoms with Crippen molar-refractivity contribution in [2.75, 3.05) is 20.8 Å². The fourth-order valence-corrected chi connectivity index (χ4v) is 2.78. The highest BCUT2D eigenvalue weighted by Crippen LogP contribution is 2.22. The minimum absolute atomic E-state index is 0.0707. The molecule has 2 amide bonds. The molecule has 0 saturated carbocycles. The van der Waals surface area contributed by atoms with Crippen molar-refractivity contribution in [3.63, 3.8) is 0 Å². The number of rotatable bonds is 7. The smallest absolute Gasteiger partial charge is 0.339 e. The Morgan fingerprint density at radius 1 is 0.966 bits per heavy atom. The summed E-state index contributed by atoms with van der Waals surface area (Å²) in [6.45, 7) is 5.44. The molecule has 9 nitrogen and oxygen atoms in total. The first kappa shape index (κ1) is 21.8. The quantitative estimate of drug-likeness (QED) is 0.539. The van der Waals surface area contributed by atoms with Crippen LogP contribution < -0.4 is 20.3 Å². The minimum Gasteiger partial charge on any atom is -0.497 e. The number of aromatic nitrogens is 1. The first-order valence-electron chi connectivity index (χ1n) is 8.96. The molecule has 0 fully saturated rings. The maximum atomic E-state index is 12.3. The van der Waals surface area contributed by atoms with Gasteiger partial charge in [0, 0.05) is 23.0 Å². The molecule has 1 aromatic heterocycles. The van der Waals surface area contributed by atoms with Crippen molar-refractivity contribution in [3.05, 3.63) is 46.8 Å². The molecule has 9 heteroatoms. The standard InChI is InChI=1S/C20H25N3O6/c1-6-29-20(26)17-7-12(2)23(13(17)3)11-18(24)21-22-19(25)14-8-15(27-4)10-16(9-14)28-5/h7-10H,6,11H2,1-5H3,(H,21,24)(H,22,25). The second-order valence-electron chi connectivity index (χ2n) is 6.20. The second-order valence-corrected chi connectivity index (χ2v) is 6.20. The number of amides is 2. The fourth-order valence-electron chi connectivity index (χ4n) is 2.78. The highest BCUT2D eigenvalue weighted by Gasteiger charge is 2.18. The molecule has 2 rings (SSSR count). The Labute approximate surface area is 168 Å². The number of nitrogens with one attached hydrogen (secondary N) is 2. The van der Waals surface area contributed by atoms with Gasteiger partial charge in [0.15, 0.2) is 0 Å². The normalized spacial score (nSPS) is 10.2. The fraction of sp³-hybridized carbons (Fsp3) is 0.350. The molecule has 29 heavy (non-hydrogen) atoms. The molecule has 0 unspecified atom stereocenters. The van der Waals surface area contributed by atoms with Gasteiger partial charge in [0.2, 0.25) is 0 Å². The molecular weight excluding hydrogens is 378 g/mol. The SMILES string of the molecule is CCOC(=O)c1cc(C)n(CC(=O)NNC(=O)c2cc(OC)cc(OC)c2)c1C. The van der Waals surface area contributed by atoms with Crippen LogP contribution in [0.3, 0.4) is 0 Å². The highest BCUT2D eigenvalue weighted by molar-refractivity contribution is 5.96.